The van der Waals surface area contributed by atoms with E-state index in [0.29, 0.717) is 31.3 Å². The third-order valence-electron chi connectivity index (χ3n) is 3.82. The maximum absolute atomic E-state index is 10.8. The number of nitrogens with two attached hydrogens (primary N) is 1. The molecule has 3 N–H and O–H groups in total. The van der Waals surface area contributed by atoms with Crippen molar-refractivity contribution < 1.29 is 18.8 Å². The Morgan fingerprint density at radius 2 is 1.85 bits per heavy atom. The van der Waals surface area contributed by atoms with Crippen molar-refractivity contribution in [2.75, 3.05) is 26.0 Å². The largest absolute Gasteiger partial charge is 0.481 e. The summed E-state index contributed by atoms with van der Waals surface area (Å²) in [7, 11) is -0.524. The van der Waals surface area contributed by atoms with E-state index in [2.05, 4.69) is 0 Å². The first-order valence-corrected chi connectivity index (χ1v) is 8.97. The van der Waals surface area contributed by atoms with Crippen LogP contribution in [0, 0.1) is 5.41 Å². The summed E-state index contributed by atoms with van der Waals surface area (Å²) in [5, 5.41) is 9.41. The normalized spacial score (nSPS) is 22.2. The number of rotatable bonds is 3. The zero-order valence-electron chi connectivity index (χ0n) is 12.9. The van der Waals surface area contributed by atoms with Crippen LogP contribution < -0.4 is 5.73 Å². The molecule has 0 amide bonds. The third-order valence-corrected chi connectivity index (χ3v) is 5.23. The Labute approximate surface area is 124 Å². The van der Waals surface area contributed by atoms with Crippen LogP contribution in [0.1, 0.15) is 46.0 Å². The van der Waals surface area contributed by atoms with Gasteiger partial charge in [0, 0.05) is 42.1 Å². The molecule has 0 aromatic heterocycles. The fourth-order valence-corrected chi connectivity index (χ4v) is 2.97. The molecule has 0 aromatic carbocycles. The van der Waals surface area contributed by atoms with Gasteiger partial charge in [0.25, 0.3) is 0 Å². The molecule has 1 aliphatic carbocycles. The zero-order valence-corrected chi connectivity index (χ0v) is 13.7. The van der Waals surface area contributed by atoms with Crippen molar-refractivity contribution in [3.63, 3.8) is 0 Å². The minimum absolute atomic E-state index is 0.214. The number of ether oxygens (including phenoxy) is 1. The molecular formula is C14H29NO4S. The van der Waals surface area contributed by atoms with Crippen LogP contribution in [-0.2, 0) is 20.3 Å². The van der Waals surface area contributed by atoms with Gasteiger partial charge in [-0.2, -0.15) is 0 Å². The van der Waals surface area contributed by atoms with E-state index >= 15 is 0 Å². The van der Waals surface area contributed by atoms with Gasteiger partial charge in [0.2, 0.25) is 0 Å². The van der Waals surface area contributed by atoms with E-state index < -0.39 is 22.2 Å². The van der Waals surface area contributed by atoms with Crippen molar-refractivity contribution in [2.45, 2.75) is 51.2 Å². The van der Waals surface area contributed by atoms with E-state index in [0.717, 1.165) is 0 Å². The highest BCUT2D eigenvalue weighted by atomic mass is 32.2. The zero-order chi connectivity index (χ0) is 15.6. The number of carboxylic acids is 1. The van der Waals surface area contributed by atoms with Gasteiger partial charge in [0.1, 0.15) is 0 Å². The summed E-state index contributed by atoms with van der Waals surface area (Å²) >= 11 is 0. The molecule has 20 heavy (non-hydrogen) atoms. The summed E-state index contributed by atoms with van der Waals surface area (Å²) in [5.41, 5.74) is 4.69. The van der Waals surface area contributed by atoms with Gasteiger partial charge in [0.05, 0.1) is 5.41 Å². The Morgan fingerprint density at radius 1 is 1.35 bits per heavy atom. The first-order valence-electron chi connectivity index (χ1n) is 7.35. The first kappa shape index (κ1) is 19.5. The predicted octanol–water partition coefficient (Wildman–Crippen LogP) is 1.77. The lowest BCUT2D eigenvalue weighted by Gasteiger charge is -2.31. The van der Waals surface area contributed by atoms with Gasteiger partial charge in [0.15, 0.2) is 0 Å². The van der Waals surface area contributed by atoms with Crippen LogP contribution in [0.15, 0.2) is 0 Å². The van der Waals surface area contributed by atoms with Crippen LogP contribution in [0.25, 0.3) is 0 Å². The van der Waals surface area contributed by atoms with E-state index in [1.54, 1.807) is 6.26 Å². The molecule has 2 rings (SSSR count). The average Bonchev–Trinajstić information content (AvgIpc) is 2.40. The van der Waals surface area contributed by atoms with E-state index in [1.807, 2.05) is 13.8 Å². The lowest BCUT2D eigenvalue weighted by atomic mass is 9.80. The Hall–Kier alpha value is -0.460. The average molecular weight is 307 g/mol. The van der Waals surface area contributed by atoms with E-state index in [1.165, 1.54) is 19.3 Å². The quantitative estimate of drug-likeness (QED) is 0.829. The smallest absolute Gasteiger partial charge is 0.311 e. The molecule has 0 radical (unpaired) electrons. The van der Waals surface area contributed by atoms with Crippen molar-refractivity contribution in [3.8, 4) is 0 Å². The van der Waals surface area contributed by atoms with Crippen LogP contribution in [-0.4, -0.2) is 46.5 Å². The summed E-state index contributed by atoms with van der Waals surface area (Å²) in [4.78, 5) is 10.8. The van der Waals surface area contributed by atoms with Crippen LogP contribution >= 0.6 is 0 Å². The number of aliphatic carboxylic acids is 1. The molecular weight excluding hydrogens is 278 g/mol. The van der Waals surface area contributed by atoms with E-state index in [4.69, 9.17) is 15.6 Å². The van der Waals surface area contributed by atoms with Crippen LogP contribution in [0.3, 0.4) is 0 Å². The van der Waals surface area contributed by atoms with Crippen LogP contribution in [0.5, 0.6) is 0 Å². The number of carboxylic acid groups (broad SMARTS) is 1. The number of carbonyl (C=O) groups is 1. The summed E-state index contributed by atoms with van der Waals surface area (Å²) in [6.07, 6.45) is 6.57. The lowest BCUT2D eigenvalue weighted by Crippen LogP contribution is -2.43. The predicted molar refractivity (Wildman–Crippen MR) is 82.2 cm³/mol. The molecule has 0 spiro atoms. The fraction of sp³-hybridized carbons (Fsp3) is 0.929. The van der Waals surface area contributed by atoms with E-state index in [-0.39, 0.29) is 6.54 Å². The molecule has 0 aromatic rings. The molecule has 1 aliphatic heterocycles. The molecule has 1 heterocycles. The molecule has 0 bridgehead atoms. The second-order valence-corrected chi connectivity index (χ2v) is 6.62. The Morgan fingerprint density at radius 3 is 2.00 bits per heavy atom. The molecule has 120 valence electrons. The highest BCUT2D eigenvalue weighted by Gasteiger charge is 2.38. The van der Waals surface area contributed by atoms with Crippen molar-refractivity contribution in [3.05, 3.63) is 0 Å². The Kier molecular flexibility index (Phi) is 10.1. The molecule has 1 saturated heterocycles. The van der Waals surface area contributed by atoms with Gasteiger partial charge in [-0.3, -0.25) is 9.00 Å². The summed E-state index contributed by atoms with van der Waals surface area (Å²) < 4.78 is 15.6. The number of hydrogen-bond acceptors (Lipinski definition) is 4. The summed E-state index contributed by atoms with van der Waals surface area (Å²) in [6.45, 7) is 5.25. The Bertz CT molecular complexity index is 300. The number of hydrogen-bond donors (Lipinski definition) is 2. The van der Waals surface area contributed by atoms with Gasteiger partial charge in [-0.25, -0.2) is 0 Å². The van der Waals surface area contributed by atoms with Gasteiger partial charge in [-0.05, 0) is 25.7 Å². The third kappa shape index (κ3) is 5.89. The van der Waals surface area contributed by atoms with Gasteiger partial charge >= 0.3 is 5.97 Å². The second-order valence-electron chi connectivity index (χ2n) is 4.95. The summed E-state index contributed by atoms with van der Waals surface area (Å²) in [5.74, 6) is -0.789. The molecule has 1 atom stereocenters. The van der Waals surface area contributed by atoms with Gasteiger partial charge < -0.3 is 15.6 Å². The summed E-state index contributed by atoms with van der Waals surface area (Å²) in [6, 6.07) is 0. The minimum atomic E-state index is -0.789. The molecule has 1 saturated carbocycles. The maximum atomic E-state index is 10.8. The van der Waals surface area contributed by atoms with Crippen molar-refractivity contribution in [1.82, 2.24) is 0 Å². The topological polar surface area (TPSA) is 89.6 Å². The van der Waals surface area contributed by atoms with Crippen molar-refractivity contribution in [1.29, 1.82) is 0 Å². The van der Waals surface area contributed by atoms with Gasteiger partial charge in [-0.1, -0.05) is 20.3 Å². The van der Waals surface area contributed by atoms with E-state index in [9.17, 15) is 9.00 Å². The molecule has 2 aliphatic rings. The molecule has 1 unspecified atom stereocenters. The van der Waals surface area contributed by atoms with Crippen LogP contribution in [0.4, 0.5) is 0 Å². The minimum Gasteiger partial charge on any atom is -0.481 e. The standard InChI is InChI=1S/C7H13NO3.C5H10OS.C2H6/c8-5-7(6(9)10)1-3-11-4-2-7;1-7(6)5-3-2-4-5;1-2/h1-5,8H2,(H,9,10);5H,2-4H2,1H3;1-2H3. The molecule has 2 fully saturated rings. The maximum Gasteiger partial charge on any atom is 0.311 e. The highest BCUT2D eigenvalue weighted by Crippen LogP contribution is 2.29. The van der Waals surface area contributed by atoms with Crippen molar-refractivity contribution in [2.24, 2.45) is 11.1 Å². The second kappa shape index (κ2) is 10.3. The van der Waals surface area contributed by atoms with Crippen LogP contribution in [0.2, 0.25) is 0 Å². The monoisotopic (exact) mass is 307 g/mol. The van der Waals surface area contributed by atoms with Gasteiger partial charge in [-0.15, -0.1) is 0 Å². The Balaban J connectivity index is 0.000000345. The first-order chi connectivity index (χ1) is 9.52. The molecule has 6 heteroatoms. The SMILES string of the molecule is CC.CS(=O)C1CCC1.NCC1(C(=O)O)CCOCC1. The fourth-order valence-electron chi connectivity index (χ4n) is 1.97. The highest BCUT2D eigenvalue weighted by molar-refractivity contribution is 7.84. The van der Waals surface area contributed by atoms with Crippen molar-refractivity contribution >= 4 is 16.8 Å². The lowest BCUT2D eigenvalue weighted by molar-refractivity contribution is -0.153. The molecule has 5 nitrogen and oxygen atoms in total.